The highest BCUT2D eigenvalue weighted by molar-refractivity contribution is 5.78. The van der Waals surface area contributed by atoms with E-state index < -0.39 is 0 Å². The molecule has 0 saturated carbocycles. The fraction of sp³-hybridized carbons (Fsp3) is 0.708. The van der Waals surface area contributed by atoms with Gasteiger partial charge in [0.25, 0.3) is 0 Å². The summed E-state index contributed by atoms with van der Waals surface area (Å²) in [5, 5.41) is 0. The van der Waals surface area contributed by atoms with E-state index in [2.05, 4.69) is 62.2 Å². The largest absolute Gasteiger partial charge is 0.478 e. The van der Waals surface area contributed by atoms with Gasteiger partial charge < -0.3 is 4.74 Å². The third kappa shape index (κ3) is 13.0. The van der Waals surface area contributed by atoms with Crippen molar-refractivity contribution in [3.63, 3.8) is 0 Å². The molecule has 0 aromatic heterocycles. The van der Waals surface area contributed by atoms with Crippen LogP contribution in [0.4, 0.5) is 0 Å². The molecule has 0 N–H and O–H groups in total. The van der Waals surface area contributed by atoms with Crippen LogP contribution in [-0.4, -0.2) is 18.0 Å². The second kappa shape index (κ2) is 14.8. The van der Waals surface area contributed by atoms with E-state index in [1.54, 1.807) is 0 Å². The number of aliphatic imine (C=N–C) groups is 1. The van der Waals surface area contributed by atoms with Gasteiger partial charge in [-0.15, -0.1) is 0 Å². The topological polar surface area (TPSA) is 21.6 Å². The van der Waals surface area contributed by atoms with Crippen molar-refractivity contribution in [3.8, 4) is 0 Å². The molecular weight excluding hydrogens is 318 g/mol. The van der Waals surface area contributed by atoms with Crippen LogP contribution in [0.1, 0.15) is 97.8 Å². The summed E-state index contributed by atoms with van der Waals surface area (Å²) < 4.78 is 5.63. The van der Waals surface area contributed by atoms with Crippen molar-refractivity contribution >= 4 is 5.90 Å². The molecule has 1 heterocycles. The first kappa shape index (κ1) is 22.7. The van der Waals surface area contributed by atoms with Crippen LogP contribution >= 0.6 is 0 Å². The monoisotopic (exact) mass is 359 g/mol. The van der Waals surface area contributed by atoms with Gasteiger partial charge in [-0.3, -0.25) is 0 Å². The number of nitrogens with zero attached hydrogens (tertiary/aromatic N) is 1. The van der Waals surface area contributed by atoms with E-state index in [0.717, 1.165) is 38.2 Å². The lowest BCUT2D eigenvalue weighted by molar-refractivity contribution is 0.273. The Balaban J connectivity index is 1.82. The number of ether oxygens (including phenoxy) is 1. The molecule has 0 fully saturated rings. The van der Waals surface area contributed by atoms with Gasteiger partial charge in [-0.05, 0) is 52.4 Å². The Labute approximate surface area is 162 Å². The smallest absolute Gasteiger partial charge is 0.183 e. The molecule has 0 aliphatic carbocycles. The molecule has 0 spiro atoms. The zero-order chi connectivity index (χ0) is 18.9. The van der Waals surface area contributed by atoms with E-state index >= 15 is 0 Å². The Hall–Kier alpha value is -1.31. The average molecular weight is 360 g/mol. The molecule has 0 amide bonds. The molecule has 0 radical (unpaired) electrons. The highest BCUT2D eigenvalue weighted by Crippen LogP contribution is 2.19. The van der Waals surface area contributed by atoms with Gasteiger partial charge in [-0.1, -0.05) is 75.5 Å². The normalized spacial score (nSPS) is 16.8. The van der Waals surface area contributed by atoms with Gasteiger partial charge in [-0.2, -0.15) is 0 Å². The lowest BCUT2D eigenvalue weighted by Gasteiger charge is -2.07. The number of hydrogen-bond acceptors (Lipinski definition) is 2. The van der Waals surface area contributed by atoms with E-state index in [-0.39, 0.29) is 5.54 Å². The summed E-state index contributed by atoms with van der Waals surface area (Å²) in [6.07, 6.45) is 28.5. The van der Waals surface area contributed by atoms with Crippen LogP contribution in [0.25, 0.3) is 0 Å². The Morgan fingerprint density at radius 3 is 2.00 bits per heavy atom. The molecule has 1 aliphatic heterocycles. The Morgan fingerprint density at radius 2 is 1.38 bits per heavy atom. The van der Waals surface area contributed by atoms with Crippen molar-refractivity contribution in [2.45, 2.75) is 103 Å². The number of allylic oxidation sites excluding steroid dienone is 6. The van der Waals surface area contributed by atoms with Gasteiger partial charge in [0.15, 0.2) is 5.90 Å². The molecule has 2 heteroatoms. The molecule has 0 bridgehead atoms. The molecule has 0 aromatic carbocycles. The summed E-state index contributed by atoms with van der Waals surface area (Å²) in [7, 11) is 0. The molecule has 0 unspecified atom stereocenters. The molecule has 0 saturated heterocycles. The number of hydrogen-bond donors (Lipinski definition) is 0. The second-order valence-corrected chi connectivity index (χ2v) is 7.91. The molecule has 2 nitrogen and oxygen atoms in total. The van der Waals surface area contributed by atoms with E-state index in [1.807, 2.05) is 0 Å². The van der Waals surface area contributed by atoms with Gasteiger partial charge >= 0.3 is 0 Å². The molecule has 1 rings (SSSR count). The Bertz CT molecular complexity index is 457. The quantitative estimate of drug-likeness (QED) is 0.218. The van der Waals surface area contributed by atoms with E-state index in [4.69, 9.17) is 4.74 Å². The van der Waals surface area contributed by atoms with Crippen molar-refractivity contribution in [2.24, 2.45) is 4.99 Å². The molecule has 0 aromatic rings. The minimum absolute atomic E-state index is 0.00600. The summed E-state index contributed by atoms with van der Waals surface area (Å²) in [4.78, 5) is 4.61. The average Bonchev–Trinajstić information content (AvgIpc) is 2.96. The van der Waals surface area contributed by atoms with Gasteiger partial charge in [-0.25, -0.2) is 4.99 Å². The SMILES string of the molecule is CC/C=C\C/C=C\C/C=C\CCCCCCCCCC1=NC(C)(C)CO1. The maximum Gasteiger partial charge on any atom is 0.183 e. The number of rotatable bonds is 15. The minimum Gasteiger partial charge on any atom is -0.478 e. The first-order valence-corrected chi connectivity index (χ1v) is 10.8. The van der Waals surface area contributed by atoms with Crippen molar-refractivity contribution in [2.75, 3.05) is 6.61 Å². The van der Waals surface area contributed by atoms with Gasteiger partial charge in [0.1, 0.15) is 6.61 Å². The van der Waals surface area contributed by atoms with E-state index in [9.17, 15) is 0 Å². The van der Waals surface area contributed by atoms with Crippen LogP contribution in [0.15, 0.2) is 41.4 Å². The maximum atomic E-state index is 5.63. The fourth-order valence-corrected chi connectivity index (χ4v) is 3.04. The summed E-state index contributed by atoms with van der Waals surface area (Å²) in [6.45, 7) is 7.20. The third-order valence-electron chi connectivity index (χ3n) is 4.56. The predicted molar refractivity (Wildman–Crippen MR) is 116 cm³/mol. The summed E-state index contributed by atoms with van der Waals surface area (Å²) in [6, 6.07) is 0. The van der Waals surface area contributed by atoms with Gasteiger partial charge in [0, 0.05) is 6.42 Å². The fourth-order valence-electron chi connectivity index (χ4n) is 3.04. The van der Waals surface area contributed by atoms with Crippen LogP contribution < -0.4 is 0 Å². The minimum atomic E-state index is 0.00600. The van der Waals surface area contributed by atoms with Crippen molar-refractivity contribution in [3.05, 3.63) is 36.5 Å². The van der Waals surface area contributed by atoms with Crippen LogP contribution in [0.3, 0.4) is 0 Å². The highest BCUT2D eigenvalue weighted by Gasteiger charge is 2.25. The lowest BCUT2D eigenvalue weighted by Crippen LogP contribution is -2.17. The molecule has 148 valence electrons. The summed E-state index contributed by atoms with van der Waals surface area (Å²) >= 11 is 0. The lowest BCUT2D eigenvalue weighted by atomic mass is 10.1. The molecule has 26 heavy (non-hydrogen) atoms. The van der Waals surface area contributed by atoms with Gasteiger partial charge in [0.2, 0.25) is 0 Å². The highest BCUT2D eigenvalue weighted by atomic mass is 16.5. The first-order chi connectivity index (χ1) is 12.6. The summed E-state index contributed by atoms with van der Waals surface area (Å²) in [5.41, 5.74) is 0.00600. The Morgan fingerprint density at radius 1 is 0.808 bits per heavy atom. The summed E-state index contributed by atoms with van der Waals surface area (Å²) in [5.74, 6) is 0.981. The first-order valence-electron chi connectivity index (χ1n) is 10.8. The van der Waals surface area contributed by atoms with Crippen molar-refractivity contribution < 1.29 is 4.74 Å². The van der Waals surface area contributed by atoms with Crippen LogP contribution in [0.2, 0.25) is 0 Å². The van der Waals surface area contributed by atoms with E-state index in [0.29, 0.717) is 0 Å². The number of unbranched alkanes of at least 4 members (excludes halogenated alkanes) is 7. The van der Waals surface area contributed by atoms with E-state index in [1.165, 1.54) is 51.4 Å². The van der Waals surface area contributed by atoms with Crippen LogP contribution in [-0.2, 0) is 4.74 Å². The third-order valence-corrected chi connectivity index (χ3v) is 4.56. The van der Waals surface area contributed by atoms with Gasteiger partial charge in [0.05, 0.1) is 5.54 Å². The zero-order valence-electron chi connectivity index (χ0n) is 17.5. The molecule has 0 atom stereocenters. The molecule has 1 aliphatic rings. The van der Waals surface area contributed by atoms with Crippen molar-refractivity contribution in [1.29, 1.82) is 0 Å². The van der Waals surface area contributed by atoms with Crippen molar-refractivity contribution in [1.82, 2.24) is 0 Å². The molecular formula is C24H41NO. The Kier molecular flexibility index (Phi) is 13.0. The standard InChI is InChI=1S/C24H41NO/c1-4-5-6-7-8-9-10-11-12-13-14-15-16-17-18-19-20-21-23-25-24(2,3)22-26-23/h5-6,8-9,11-12H,4,7,10,13-22H2,1-3H3/b6-5-,9-8-,12-11-. The second-order valence-electron chi connectivity index (χ2n) is 7.91. The van der Waals surface area contributed by atoms with Crippen LogP contribution in [0, 0.1) is 0 Å². The predicted octanol–water partition coefficient (Wildman–Crippen LogP) is 7.56. The zero-order valence-corrected chi connectivity index (χ0v) is 17.5. The maximum absolute atomic E-state index is 5.63. The van der Waals surface area contributed by atoms with Crippen LogP contribution in [0.5, 0.6) is 0 Å².